The third-order valence-corrected chi connectivity index (χ3v) is 12.7. The Hall–Kier alpha value is -6.30. The highest BCUT2D eigenvalue weighted by Crippen LogP contribution is 2.53. The van der Waals surface area contributed by atoms with Crippen LogP contribution in [0.4, 0.5) is 0 Å². The lowest BCUT2D eigenvalue weighted by Crippen LogP contribution is -2.15. The van der Waals surface area contributed by atoms with E-state index in [4.69, 9.17) is 18.7 Å². The molecular formula is C50H36N4S. The van der Waals surface area contributed by atoms with E-state index in [1.807, 2.05) is 12.1 Å². The van der Waals surface area contributed by atoms with Gasteiger partial charge in [-0.05, 0) is 67.8 Å². The number of rotatable bonds is 4. The average molecular weight is 725 g/mol. The van der Waals surface area contributed by atoms with Gasteiger partial charge in [-0.3, -0.25) is 0 Å². The minimum Gasteiger partial charge on any atom is -0.243 e. The van der Waals surface area contributed by atoms with Gasteiger partial charge < -0.3 is 0 Å². The molecule has 0 saturated carbocycles. The summed E-state index contributed by atoms with van der Waals surface area (Å²) >= 11 is 1.26. The summed E-state index contributed by atoms with van der Waals surface area (Å²) in [4.78, 5) is 11.4. The molecule has 11 rings (SSSR count). The average Bonchev–Trinajstić information content (AvgIpc) is 3.86. The van der Waals surface area contributed by atoms with Crippen LogP contribution in [0.1, 0.15) is 49.9 Å². The van der Waals surface area contributed by atoms with Gasteiger partial charge in [0.1, 0.15) is 22.1 Å². The van der Waals surface area contributed by atoms with Crippen LogP contribution in [-0.2, 0) is 10.8 Å². The highest BCUT2D eigenvalue weighted by Gasteiger charge is 2.37. The molecule has 5 heteroatoms. The molecule has 0 spiro atoms. The van der Waals surface area contributed by atoms with Gasteiger partial charge in [0.05, 0.1) is 23.1 Å². The summed E-state index contributed by atoms with van der Waals surface area (Å²) in [5, 5.41) is 0. The zero-order valence-electron chi connectivity index (χ0n) is 31.1. The predicted octanol–water partition coefficient (Wildman–Crippen LogP) is 12.9. The molecule has 262 valence electrons. The van der Waals surface area contributed by atoms with E-state index in [1.165, 1.54) is 56.2 Å². The van der Waals surface area contributed by atoms with E-state index in [0.717, 1.165) is 66.8 Å². The van der Waals surface area contributed by atoms with Crippen LogP contribution < -0.4 is 0 Å². The zero-order valence-corrected chi connectivity index (χ0v) is 31.9. The first kappa shape index (κ1) is 32.2. The second-order valence-electron chi connectivity index (χ2n) is 15.9. The van der Waals surface area contributed by atoms with Crippen molar-refractivity contribution in [2.24, 2.45) is 0 Å². The van der Waals surface area contributed by atoms with Gasteiger partial charge in [-0.1, -0.05) is 161 Å². The van der Waals surface area contributed by atoms with Crippen molar-refractivity contribution in [2.45, 2.75) is 38.5 Å². The number of hydrogen-bond donors (Lipinski definition) is 0. The molecule has 0 unspecified atom stereocenters. The molecule has 0 fully saturated rings. The van der Waals surface area contributed by atoms with Gasteiger partial charge in [-0.25, -0.2) is 9.97 Å². The number of hydrogen-bond acceptors (Lipinski definition) is 5. The Bertz CT molecular complexity index is 2830. The first-order chi connectivity index (χ1) is 26.8. The fourth-order valence-electron chi connectivity index (χ4n) is 9.39. The maximum atomic E-state index is 5.69. The largest absolute Gasteiger partial charge is 0.243 e. The third kappa shape index (κ3) is 4.57. The summed E-state index contributed by atoms with van der Waals surface area (Å²) in [5.74, 6) is 0. The quantitative estimate of drug-likeness (QED) is 0.181. The Morgan fingerprint density at radius 1 is 0.364 bits per heavy atom. The molecule has 0 amide bonds. The molecule has 0 radical (unpaired) electrons. The molecule has 9 aromatic rings. The van der Waals surface area contributed by atoms with Crippen LogP contribution in [0.3, 0.4) is 0 Å². The van der Waals surface area contributed by atoms with Gasteiger partial charge in [-0.2, -0.15) is 8.75 Å². The molecule has 0 atom stereocenters. The van der Waals surface area contributed by atoms with Crippen molar-refractivity contribution in [2.75, 3.05) is 0 Å². The fourth-order valence-corrected chi connectivity index (χ4v) is 9.95. The molecule has 4 nitrogen and oxygen atoms in total. The van der Waals surface area contributed by atoms with Crippen LogP contribution >= 0.6 is 11.7 Å². The Balaban J connectivity index is 1.25. The summed E-state index contributed by atoms with van der Waals surface area (Å²) in [5.41, 5.74) is 21.3. The van der Waals surface area contributed by atoms with Crippen LogP contribution in [-0.4, -0.2) is 18.7 Å². The number of nitrogens with zero attached hydrogens (tertiary/aromatic N) is 4. The fraction of sp³-hybridized carbons (Fsp3) is 0.120. The lowest BCUT2D eigenvalue weighted by atomic mass is 9.81. The molecule has 2 aliphatic rings. The first-order valence-corrected chi connectivity index (χ1v) is 19.6. The number of aromatic nitrogens is 4. The maximum absolute atomic E-state index is 5.69. The molecule has 7 aromatic carbocycles. The Morgan fingerprint density at radius 2 is 0.745 bits per heavy atom. The lowest BCUT2D eigenvalue weighted by Gasteiger charge is -2.23. The predicted molar refractivity (Wildman–Crippen MR) is 227 cm³/mol. The smallest absolute Gasteiger partial charge is 0.115 e. The Morgan fingerprint density at radius 3 is 1.18 bits per heavy atom. The maximum Gasteiger partial charge on any atom is 0.115 e. The summed E-state index contributed by atoms with van der Waals surface area (Å²) < 4.78 is 10.2. The van der Waals surface area contributed by atoms with E-state index < -0.39 is 0 Å². The van der Waals surface area contributed by atoms with Gasteiger partial charge in [-0.15, -0.1) is 0 Å². The van der Waals surface area contributed by atoms with E-state index in [2.05, 4.69) is 161 Å². The van der Waals surface area contributed by atoms with E-state index in [0.29, 0.717) is 0 Å². The van der Waals surface area contributed by atoms with E-state index >= 15 is 0 Å². The van der Waals surface area contributed by atoms with Gasteiger partial charge >= 0.3 is 0 Å². The van der Waals surface area contributed by atoms with E-state index in [-0.39, 0.29) is 10.8 Å². The molecule has 2 aliphatic carbocycles. The van der Waals surface area contributed by atoms with Crippen LogP contribution in [0.15, 0.2) is 146 Å². The van der Waals surface area contributed by atoms with Crippen LogP contribution in [0, 0.1) is 0 Å². The number of fused-ring (bicyclic) bond motifs is 8. The van der Waals surface area contributed by atoms with Crippen molar-refractivity contribution in [1.29, 1.82) is 0 Å². The van der Waals surface area contributed by atoms with E-state index in [1.54, 1.807) is 0 Å². The zero-order chi connectivity index (χ0) is 37.1. The molecular weight excluding hydrogens is 689 g/mol. The molecule has 2 aromatic heterocycles. The number of benzene rings is 7. The van der Waals surface area contributed by atoms with Crippen molar-refractivity contribution in [3.63, 3.8) is 0 Å². The monoisotopic (exact) mass is 724 g/mol. The second kappa shape index (κ2) is 11.6. The first-order valence-electron chi connectivity index (χ1n) is 18.9. The lowest BCUT2D eigenvalue weighted by molar-refractivity contribution is 0.660. The van der Waals surface area contributed by atoms with Crippen LogP contribution in [0.5, 0.6) is 0 Å². The minimum atomic E-state index is -0.159. The van der Waals surface area contributed by atoms with Crippen molar-refractivity contribution >= 4 is 33.8 Å². The molecule has 0 saturated heterocycles. The van der Waals surface area contributed by atoms with Crippen molar-refractivity contribution in [3.8, 4) is 67.0 Å². The summed E-state index contributed by atoms with van der Waals surface area (Å²) in [6, 6.07) is 52.3. The summed E-state index contributed by atoms with van der Waals surface area (Å²) in [7, 11) is 0. The van der Waals surface area contributed by atoms with E-state index in [9.17, 15) is 0 Å². The highest BCUT2D eigenvalue weighted by atomic mass is 32.1. The molecule has 0 aliphatic heterocycles. The third-order valence-electron chi connectivity index (χ3n) is 12.2. The minimum absolute atomic E-state index is 0.159. The topological polar surface area (TPSA) is 51.6 Å². The molecule has 2 heterocycles. The second-order valence-corrected chi connectivity index (χ2v) is 16.5. The van der Waals surface area contributed by atoms with Crippen molar-refractivity contribution < 1.29 is 0 Å². The highest BCUT2D eigenvalue weighted by molar-refractivity contribution is 7.00. The van der Waals surface area contributed by atoms with Crippen molar-refractivity contribution in [3.05, 3.63) is 168 Å². The standard InChI is InChI=1S/C50H36N4S/c1-49(2)37-21-13-11-19-33(37)35-25-23-31(27-39(35)49)41-45-46(52-44(30-17-9-6-10-18-30)43(51-45)29-15-7-5-8-16-29)42(48-47(41)53-55-54-48)32-24-26-36-34-20-12-14-22-38(34)50(3,4)40(36)28-32/h5-28H,1-4H3. The van der Waals surface area contributed by atoms with Crippen LogP contribution in [0.25, 0.3) is 89.1 Å². The molecule has 0 bridgehead atoms. The van der Waals surface area contributed by atoms with Crippen LogP contribution in [0.2, 0.25) is 0 Å². The Labute approximate surface area is 324 Å². The molecule has 0 N–H and O–H groups in total. The summed E-state index contributed by atoms with van der Waals surface area (Å²) in [6.07, 6.45) is 0. The van der Waals surface area contributed by atoms with Gasteiger partial charge in [0, 0.05) is 33.1 Å². The normalized spacial score (nSPS) is 14.5. The van der Waals surface area contributed by atoms with Gasteiger partial charge in [0.25, 0.3) is 0 Å². The van der Waals surface area contributed by atoms with Gasteiger partial charge in [0.15, 0.2) is 0 Å². The summed E-state index contributed by atoms with van der Waals surface area (Å²) in [6.45, 7) is 9.32. The SMILES string of the molecule is CC1(C)c2ccccc2-c2ccc(-c3c4nsnc4c(-c4ccc5c(c4)C(C)(C)c4ccccc4-5)c4nc(-c5ccccc5)c(-c5ccccc5)nc34)cc21. The Kier molecular flexibility index (Phi) is 6.78. The molecule has 55 heavy (non-hydrogen) atoms. The van der Waals surface area contributed by atoms with Crippen molar-refractivity contribution in [1.82, 2.24) is 18.7 Å². The van der Waals surface area contributed by atoms with Gasteiger partial charge in [0.2, 0.25) is 0 Å².